The second-order valence-electron chi connectivity index (χ2n) is 5.78. The van der Waals surface area contributed by atoms with Gasteiger partial charge in [0.05, 0.1) is 5.69 Å². The Morgan fingerprint density at radius 1 is 1.40 bits per heavy atom. The molecule has 2 rings (SSSR count). The molecule has 1 unspecified atom stereocenters. The number of halogens is 3. The highest BCUT2D eigenvalue weighted by molar-refractivity contribution is 14.0. The molecule has 0 aromatic heterocycles. The Labute approximate surface area is 165 Å². The van der Waals surface area contributed by atoms with Crippen molar-refractivity contribution < 1.29 is 13.5 Å². The summed E-state index contributed by atoms with van der Waals surface area (Å²) in [5.41, 5.74) is 0.447. The fraction of sp³-hybridized carbons (Fsp3) is 0.588. The van der Waals surface area contributed by atoms with Gasteiger partial charge in [-0.2, -0.15) is 0 Å². The zero-order valence-electron chi connectivity index (χ0n) is 14.7. The third-order valence-corrected chi connectivity index (χ3v) is 3.90. The van der Waals surface area contributed by atoms with E-state index in [0.717, 1.165) is 38.0 Å². The molecule has 1 atom stereocenters. The van der Waals surface area contributed by atoms with E-state index in [1.807, 2.05) is 11.8 Å². The van der Waals surface area contributed by atoms with Gasteiger partial charge in [0.1, 0.15) is 11.6 Å². The van der Waals surface area contributed by atoms with Crippen molar-refractivity contribution in [2.24, 2.45) is 4.99 Å². The van der Waals surface area contributed by atoms with Gasteiger partial charge in [-0.05, 0) is 31.9 Å². The van der Waals surface area contributed by atoms with Crippen molar-refractivity contribution in [1.29, 1.82) is 0 Å². The summed E-state index contributed by atoms with van der Waals surface area (Å²) in [6.45, 7) is 5.55. The van der Waals surface area contributed by atoms with E-state index in [-0.39, 0.29) is 30.0 Å². The summed E-state index contributed by atoms with van der Waals surface area (Å²) < 4.78 is 32.0. The molecule has 1 aliphatic rings. The number of hydrogen-bond donors (Lipinski definition) is 2. The van der Waals surface area contributed by atoms with Crippen molar-refractivity contribution in [2.75, 3.05) is 44.8 Å². The monoisotopic (exact) mass is 468 g/mol. The van der Waals surface area contributed by atoms with E-state index < -0.39 is 11.6 Å². The number of guanidine groups is 1. The molecule has 1 aliphatic heterocycles. The summed E-state index contributed by atoms with van der Waals surface area (Å²) in [6, 6.07) is 3.89. The van der Waals surface area contributed by atoms with E-state index in [1.165, 1.54) is 12.1 Å². The highest BCUT2D eigenvalue weighted by atomic mass is 127. The van der Waals surface area contributed by atoms with Crippen molar-refractivity contribution >= 4 is 35.6 Å². The van der Waals surface area contributed by atoms with Crippen molar-refractivity contribution in [3.8, 4) is 0 Å². The molecular formula is C17H27F2IN4O. The fourth-order valence-electron chi connectivity index (χ4n) is 2.75. The standard InChI is InChI=1S/C17H26F2N4O.HI/c1-3-20-17(21-8-4-10-24-2)22-14-7-9-23(12-14)16-6-5-13(18)11-15(16)19;/h5-6,11,14H,3-4,7-10,12H2,1-2H3,(H2,20,21,22);1H. The largest absolute Gasteiger partial charge is 0.385 e. The van der Waals surface area contributed by atoms with Gasteiger partial charge in [-0.15, -0.1) is 24.0 Å². The molecular weight excluding hydrogens is 441 g/mol. The van der Waals surface area contributed by atoms with E-state index in [1.54, 1.807) is 7.11 Å². The van der Waals surface area contributed by atoms with Crippen LogP contribution in [0.5, 0.6) is 0 Å². The van der Waals surface area contributed by atoms with Crippen LogP contribution in [0.25, 0.3) is 0 Å². The van der Waals surface area contributed by atoms with Gasteiger partial charge in [0.2, 0.25) is 0 Å². The fourth-order valence-corrected chi connectivity index (χ4v) is 2.75. The Hall–Kier alpha value is -1.16. The lowest BCUT2D eigenvalue weighted by atomic mass is 10.2. The molecule has 0 radical (unpaired) electrons. The lowest BCUT2D eigenvalue weighted by Gasteiger charge is -2.21. The number of benzene rings is 1. The minimum atomic E-state index is -0.553. The van der Waals surface area contributed by atoms with Gasteiger partial charge in [-0.1, -0.05) is 0 Å². The summed E-state index contributed by atoms with van der Waals surface area (Å²) >= 11 is 0. The molecule has 0 amide bonds. The van der Waals surface area contributed by atoms with E-state index in [0.29, 0.717) is 25.4 Å². The summed E-state index contributed by atoms with van der Waals surface area (Å²) in [7, 11) is 1.68. The Kier molecular flexibility index (Phi) is 10.0. The van der Waals surface area contributed by atoms with Gasteiger partial charge in [-0.25, -0.2) is 8.78 Å². The van der Waals surface area contributed by atoms with Crippen LogP contribution < -0.4 is 15.5 Å². The average molecular weight is 468 g/mol. The first-order valence-corrected chi connectivity index (χ1v) is 8.37. The maximum atomic E-state index is 13.9. The van der Waals surface area contributed by atoms with Gasteiger partial charge in [0.15, 0.2) is 5.96 Å². The molecule has 1 aromatic rings. The normalized spacial score (nSPS) is 17.4. The number of aliphatic imine (C=N–C) groups is 1. The van der Waals surface area contributed by atoms with Crippen molar-refractivity contribution in [3.05, 3.63) is 29.8 Å². The smallest absolute Gasteiger partial charge is 0.191 e. The molecule has 1 aromatic carbocycles. The van der Waals surface area contributed by atoms with E-state index >= 15 is 0 Å². The lowest BCUT2D eigenvalue weighted by molar-refractivity contribution is 0.197. The van der Waals surface area contributed by atoms with Crippen LogP contribution in [0, 0.1) is 11.6 Å². The Bertz CT molecular complexity index is 559. The summed E-state index contributed by atoms with van der Waals surface area (Å²) in [5.74, 6) is -0.307. The number of methoxy groups -OCH3 is 1. The van der Waals surface area contributed by atoms with Crippen molar-refractivity contribution in [2.45, 2.75) is 25.8 Å². The summed E-state index contributed by atoms with van der Waals surface area (Å²) in [6.07, 6.45) is 1.74. The van der Waals surface area contributed by atoms with Crippen molar-refractivity contribution in [3.63, 3.8) is 0 Å². The summed E-state index contributed by atoms with van der Waals surface area (Å²) in [4.78, 5) is 6.45. The number of nitrogens with zero attached hydrogens (tertiary/aromatic N) is 2. The van der Waals surface area contributed by atoms with E-state index in [4.69, 9.17) is 4.74 Å². The molecule has 8 heteroatoms. The number of anilines is 1. The molecule has 1 fully saturated rings. The van der Waals surface area contributed by atoms with E-state index in [9.17, 15) is 8.78 Å². The SMILES string of the molecule is CCNC(=NCCCOC)NC1CCN(c2ccc(F)cc2F)C1.I. The molecule has 0 aliphatic carbocycles. The van der Waals surface area contributed by atoms with E-state index in [2.05, 4.69) is 15.6 Å². The van der Waals surface area contributed by atoms with Gasteiger partial charge in [-0.3, -0.25) is 4.99 Å². The Morgan fingerprint density at radius 2 is 2.20 bits per heavy atom. The molecule has 0 bridgehead atoms. The second-order valence-corrected chi connectivity index (χ2v) is 5.78. The molecule has 0 spiro atoms. The first-order valence-electron chi connectivity index (χ1n) is 8.37. The number of hydrogen-bond acceptors (Lipinski definition) is 3. The first-order chi connectivity index (χ1) is 11.6. The zero-order valence-corrected chi connectivity index (χ0v) is 17.1. The van der Waals surface area contributed by atoms with Gasteiger partial charge >= 0.3 is 0 Å². The minimum Gasteiger partial charge on any atom is -0.385 e. The molecule has 25 heavy (non-hydrogen) atoms. The zero-order chi connectivity index (χ0) is 17.4. The maximum Gasteiger partial charge on any atom is 0.191 e. The third kappa shape index (κ3) is 6.93. The van der Waals surface area contributed by atoms with Crippen LogP contribution in [0.15, 0.2) is 23.2 Å². The molecule has 0 saturated carbocycles. The number of ether oxygens (including phenoxy) is 1. The summed E-state index contributed by atoms with van der Waals surface area (Å²) in [5, 5.41) is 6.60. The number of rotatable bonds is 7. The lowest BCUT2D eigenvalue weighted by Crippen LogP contribution is -2.44. The first kappa shape index (κ1) is 21.9. The quantitative estimate of drug-likeness (QED) is 0.280. The van der Waals surface area contributed by atoms with Crippen LogP contribution >= 0.6 is 24.0 Å². The second kappa shape index (κ2) is 11.5. The molecule has 2 N–H and O–H groups in total. The molecule has 5 nitrogen and oxygen atoms in total. The third-order valence-electron chi connectivity index (χ3n) is 3.90. The van der Waals surface area contributed by atoms with Crippen LogP contribution in [0.4, 0.5) is 14.5 Å². The van der Waals surface area contributed by atoms with Gasteiger partial charge in [0, 0.05) is 52.0 Å². The predicted molar refractivity (Wildman–Crippen MR) is 108 cm³/mol. The molecule has 142 valence electrons. The highest BCUT2D eigenvalue weighted by Crippen LogP contribution is 2.24. The highest BCUT2D eigenvalue weighted by Gasteiger charge is 2.25. The predicted octanol–water partition coefficient (Wildman–Crippen LogP) is 2.75. The topological polar surface area (TPSA) is 48.9 Å². The van der Waals surface area contributed by atoms with Crippen LogP contribution in [-0.4, -0.2) is 51.9 Å². The molecule has 1 saturated heterocycles. The van der Waals surface area contributed by atoms with Crippen LogP contribution in [0.2, 0.25) is 0 Å². The number of nitrogens with one attached hydrogen (secondary N) is 2. The van der Waals surface area contributed by atoms with Crippen LogP contribution in [0.3, 0.4) is 0 Å². The van der Waals surface area contributed by atoms with Crippen LogP contribution in [-0.2, 0) is 4.74 Å². The average Bonchev–Trinajstić information content (AvgIpc) is 3.00. The van der Waals surface area contributed by atoms with Gasteiger partial charge < -0.3 is 20.3 Å². The van der Waals surface area contributed by atoms with Crippen LogP contribution in [0.1, 0.15) is 19.8 Å². The minimum absolute atomic E-state index is 0. The Balaban J connectivity index is 0.00000312. The Morgan fingerprint density at radius 3 is 2.88 bits per heavy atom. The van der Waals surface area contributed by atoms with Gasteiger partial charge in [0.25, 0.3) is 0 Å². The molecule has 1 heterocycles. The van der Waals surface area contributed by atoms with Crippen molar-refractivity contribution in [1.82, 2.24) is 10.6 Å². The maximum absolute atomic E-state index is 13.9.